The van der Waals surface area contributed by atoms with Crippen molar-refractivity contribution in [3.8, 4) is 5.75 Å². The molecule has 2 atom stereocenters. The summed E-state index contributed by atoms with van der Waals surface area (Å²) >= 11 is 0. The summed E-state index contributed by atoms with van der Waals surface area (Å²) in [6, 6.07) is 25.5. The van der Waals surface area contributed by atoms with E-state index in [1.54, 1.807) is 12.1 Å². The summed E-state index contributed by atoms with van der Waals surface area (Å²) < 4.78 is 0. The van der Waals surface area contributed by atoms with E-state index < -0.39 is 18.2 Å². The fraction of sp³-hybridized carbons (Fsp3) is 0.219. The van der Waals surface area contributed by atoms with Gasteiger partial charge in [0.2, 0.25) is 11.8 Å². The van der Waals surface area contributed by atoms with Crippen LogP contribution in [0.4, 0.5) is 4.79 Å². The molecule has 2 unspecified atom stereocenters. The van der Waals surface area contributed by atoms with Gasteiger partial charge in [-0.1, -0.05) is 78.4 Å². The van der Waals surface area contributed by atoms with Gasteiger partial charge in [-0.15, -0.1) is 0 Å². The Hall–Kier alpha value is -4.89. The minimum Gasteiger partial charge on any atom is -0.508 e. The van der Waals surface area contributed by atoms with Crippen LogP contribution < -0.4 is 16.1 Å². The first kappa shape index (κ1) is 26.3. The number of aromatic hydroxyl groups is 1. The van der Waals surface area contributed by atoms with E-state index >= 15 is 0 Å². The van der Waals surface area contributed by atoms with Gasteiger partial charge in [-0.05, 0) is 58.5 Å². The van der Waals surface area contributed by atoms with Crippen molar-refractivity contribution in [1.29, 1.82) is 0 Å². The number of amides is 4. The minimum atomic E-state index is -0.885. The highest BCUT2D eigenvalue weighted by Gasteiger charge is 2.46. The number of aryl methyl sites for hydroxylation is 1. The molecule has 9 heteroatoms. The maximum atomic E-state index is 14.0. The van der Waals surface area contributed by atoms with E-state index in [9.17, 15) is 19.5 Å². The van der Waals surface area contributed by atoms with Gasteiger partial charge in [-0.25, -0.2) is 15.2 Å². The molecule has 0 aliphatic carbocycles. The molecule has 2 saturated heterocycles. The van der Waals surface area contributed by atoms with Crippen LogP contribution in [-0.4, -0.2) is 52.1 Å². The van der Waals surface area contributed by atoms with Crippen molar-refractivity contribution in [1.82, 2.24) is 26.0 Å². The zero-order valence-electron chi connectivity index (χ0n) is 22.6. The van der Waals surface area contributed by atoms with Gasteiger partial charge in [0.25, 0.3) is 0 Å². The number of nitrogens with one attached hydrogen (secondary N) is 3. The predicted octanol–water partition coefficient (Wildman–Crippen LogP) is 3.50. The molecular weight excluding hydrogens is 518 g/mol. The maximum Gasteiger partial charge on any atom is 0.334 e. The molecule has 0 spiro atoms. The largest absolute Gasteiger partial charge is 0.508 e. The van der Waals surface area contributed by atoms with Crippen molar-refractivity contribution < 1.29 is 19.5 Å². The molecule has 0 saturated carbocycles. The predicted molar refractivity (Wildman–Crippen MR) is 155 cm³/mol. The van der Waals surface area contributed by atoms with Gasteiger partial charge in [-0.2, -0.15) is 0 Å². The SMILES string of the molecule is Cc1ccc2cc(Cc3ccc(O)cc3)cc(C3NN(C(=O)NCc4ccccc4)C4CNC(=O)CN4C3=O)c2c1. The molecule has 41 heavy (non-hydrogen) atoms. The number of urea groups is 1. The van der Waals surface area contributed by atoms with Gasteiger partial charge in [0.1, 0.15) is 24.5 Å². The summed E-state index contributed by atoms with van der Waals surface area (Å²) in [6.45, 7) is 2.32. The first-order chi connectivity index (χ1) is 19.9. The summed E-state index contributed by atoms with van der Waals surface area (Å²) in [6.07, 6.45) is -0.0750. The Bertz CT molecular complexity index is 1620. The van der Waals surface area contributed by atoms with Crippen LogP contribution >= 0.6 is 0 Å². The smallest absolute Gasteiger partial charge is 0.334 e. The lowest BCUT2D eigenvalue weighted by Crippen LogP contribution is -2.73. The lowest BCUT2D eigenvalue weighted by atomic mass is 9.91. The van der Waals surface area contributed by atoms with Crippen LogP contribution in [0.15, 0.2) is 84.9 Å². The topological polar surface area (TPSA) is 114 Å². The lowest BCUT2D eigenvalue weighted by molar-refractivity contribution is -0.157. The maximum absolute atomic E-state index is 14.0. The number of hydrogen-bond acceptors (Lipinski definition) is 5. The number of fused-ring (bicyclic) bond motifs is 2. The molecule has 2 aliphatic heterocycles. The summed E-state index contributed by atoms with van der Waals surface area (Å²) in [5.74, 6) is -0.325. The van der Waals surface area contributed by atoms with Crippen LogP contribution in [0.25, 0.3) is 10.8 Å². The Labute approximate surface area is 237 Å². The highest BCUT2D eigenvalue weighted by molar-refractivity contribution is 5.96. The number of phenols is 1. The molecule has 0 bridgehead atoms. The number of hydrazine groups is 1. The second-order valence-electron chi connectivity index (χ2n) is 10.6. The van der Waals surface area contributed by atoms with Crippen LogP contribution in [-0.2, 0) is 22.6 Å². The molecule has 0 radical (unpaired) electrons. The van der Waals surface area contributed by atoms with Gasteiger partial charge in [-0.3, -0.25) is 9.59 Å². The van der Waals surface area contributed by atoms with E-state index in [1.165, 1.54) is 9.91 Å². The Morgan fingerprint density at radius 2 is 1.73 bits per heavy atom. The first-order valence-electron chi connectivity index (χ1n) is 13.6. The lowest BCUT2D eigenvalue weighted by Gasteiger charge is -2.48. The molecule has 0 aromatic heterocycles. The van der Waals surface area contributed by atoms with Gasteiger partial charge in [0.05, 0.1) is 6.54 Å². The van der Waals surface area contributed by atoms with Gasteiger partial charge in [0.15, 0.2) is 0 Å². The number of rotatable bonds is 5. The number of phenolic OH excluding ortho intramolecular Hbond substituents is 1. The van der Waals surface area contributed by atoms with Gasteiger partial charge >= 0.3 is 6.03 Å². The van der Waals surface area contributed by atoms with E-state index in [0.29, 0.717) is 13.0 Å². The van der Waals surface area contributed by atoms with Crippen LogP contribution in [0, 0.1) is 6.92 Å². The van der Waals surface area contributed by atoms with Crippen LogP contribution in [0.5, 0.6) is 5.75 Å². The van der Waals surface area contributed by atoms with E-state index in [-0.39, 0.29) is 30.7 Å². The van der Waals surface area contributed by atoms with Crippen LogP contribution in [0.3, 0.4) is 0 Å². The Balaban J connectivity index is 1.38. The monoisotopic (exact) mass is 549 g/mol. The summed E-state index contributed by atoms with van der Waals surface area (Å²) in [7, 11) is 0. The van der Waals surface area contributed by atoms with Crippen molar-refractivity contribution in [2.24, 2.45) is 0 Å². The number of piperazine rings is 1. The zero-order valence-corrected chi connectivity index (χ0v) is 22.6. The number of nitrogens with zero attached hydrogens (tertiary/aromatic N) is 2. The molecule has 2 fully saturated rings. The van der Waals surface area contributed by atoms with Crippen LogP contribution in [0.2, 0.25) is 0 Å². The second-order valence-corrected chi connectivity index (χ2v) is 10.6. The molecule has 4 aromatic rings. The third kappa shape index (κ3) is 5.44. The number of benzene rings is 4. The summed E-state index contributed by atoms with van der Waals surface area (Å²) in [5.41, 5.74) is 7.94. The third-order valence-corrected chi connectivity index (χ3v) is 7.61. The Kier molecular flexibility index (Phi) is 7.03. The van der Waals surface area contributed by atoms with E-state index in [4.69, 9.17) is 0 Å². The fourth-order valence-corrected chi connectivity index (χ4v) is 5.54. The first-order valence-corrected chi connectivity index (χ1v) is 13.6. The average molecular weight is 550 g/mol. The number of hydrogen-bond donors (Lipinski definition) is 4. The quantitative estimate of drug-likeness (QED) is 0.304. The van der Waals surface area contributed by atoms with E-state index in [1.807, 2.05) is 73.7 Å². The summed E-state index contributed by atoms with van der Waals surface area (Å²) in [5, 5.41) is 18.7. The van der Waals surface area contributed by atoms with Crippen molar-refractivity contribution in [2.75, 3.05) is 13.1 Å². The standard InChI is InChI=1S/C32H31N5O4/c1-20-7-10-24-15-23(14-21-8-11-25(38)12-9-21)16-27(26(24)13-20)30-31(40)36-19-28(39)33-18-29(36)37(35-30)32(41)34-17-22-5-3-2-4-6-22/h2-13,15-16,29-30,35,38H,14,17-19H2,1H3,(H,33,39)(H,34,41). The number of carbonyl (C=O) groups is 3. The molecule has 4 amide bonds. The molecule has 208 valence electrons. The average Bonchev–Trinajstić information content (AvgIpc) is 2.98. The second kappa shape index (κ2) is 10.9. The van der Waals surface area contributed by atoms with Crippen molar-refractivity contribution in [3.63, 3.8) is 0 Å². The molecule has 2 heterocycles. The number of carbonyl (C=O) groups excluding carboxylic acids is 3. The molecule has 6 rings (SSSR count). The Morgan fingerprint density at radius 3 is 2.51 bits per heavy atom. The molecule has 4 aromatic carbocycles. The summed E-state index contributed by atoms with van der Waals surface area (Å²) in [4.78, 5) is 41.4. The van der Waals surface area contributed by atoms with Gasteiger partial charge in [0, 0.05) is 6.54 Å². The zero-order chi connectivity index (χ0) is 28.5. The highest BCUT2D eigenvalue weighted by Crippen LogP contribution is 2.33. The normalized spacial score (nSPS) is 18.7. The Morgan fingerprint density at radius 1 is 0.951 bits per heavy atom. The highest BCUT2D eigenvalue weighted by atomic mass is 16.3. The fourth-order valence-electron chi connectivity index (χ4n) is 5.54. The van der Waals surface area contributed by atoms with Crippen molar-refractivity contribution >= 4 is 28.6 Å². The molecule has 4 N–H and O–H groups in total. The van der Waals surface area contributed by atoms with E-state index in [0.717, 1.165) is 38.6 Å². The van der Waals surface area contributed by atoms with Crippen molar-refractivity contribution in [2.45, 2.75) is 32.1 Å². The van der Waals surface area contributed by atoms with Gasteiger partial charge < -0.3 is 20.6 Å². The third-order valence-electron chi connectivity index (χ3n) is 7.61. The minimum absolute atomic E-state index is 0.129. The molecule has 9 nitrogen and oxygen atoms in total. The van der Waals surface area contributed by atoms with Crippen LogP contribution in [0.1, 0.15) is 33.9 Å². The van der Waals surface area contributed by atoms with Crippen molar-refractivity contribution in [3.05, 3.63) is 113 Å². The van der Waals surface area contributed by atoms with E-state index in [2.05, 4.69) is 22.1 Å². The molecule has 2 aliphatic rings. The molecular formula is C32H31N5O4.